The van der Waals surface area contributed by atoms with E-state index < -0.39 is 36.9 Å². The number of anilines is 3. The zero-order valence-electron chi connectivity index (χ0n) is 35.0. The lowest BCUT2D eigenvalue weighted by atomic mass is 9.93. The van der Waals surface area contributed by atoms with Gasteiger partial charge in [0.15, 0.2) is 28.4 Å². The summed E-state index contributed by atoms with van der Waals surface area (Å²) in [5.74, 6) is -1.31. The first-order valence-corrected chi connectivity index (χ1v) is 21.4. The molecule has 0 radical (unpaired) electrons. The van der Waals surface area contributed by atoms with Gasteiger partial charge >= 0.3 is 0 Å². The number of aromatic nitrogens is 2. The number of carbonyl (C=O) groups is 2. The van der Waals surface area contributed by atoms with Gasteiger partial charge in [0.25, 0.3) is 5.91 Å². The maximum Gasteiger partial charge on any atom is 0.280 e. The third-order valence-corrected chi connectivity index (χ3v) is 10.9. The van der Waals surface area contributed by atoms with Crippen LogP contribution in [0.5, 0.6) is 0 Å². The number of unbranched alkanes of at least 4 members (excludes halogenated alkanes) is 4. The number of aliphatic imine (C=N–C) groups is 1. The highest BCUT2D eigenvalue weighted by Crippen LogP contribution is 2.26. The number of nitrogens with one attached hydrogen (secondary N) is 2. The molecule has 0 fully saturated rings. The molecule has 3 aromatic carbocycles. The Balaban J connectivity index is 1.24. The lowest BCUT2D eigenvalue weighted by molar-refractivity contribution is -0.117. The van der Waals surface area contributed by atoms with E-state index in [1.54, 1.807) is 0 Å². The van der Waals surface area contributed by atoms with Gasteiger partial charge in [-0.2, -0.15) is 0 Å². The van der Waals surface area contributed by atoms with E-state index >= 15 is 0 Å². The number of aliphatic hydroxyl groups is 4. The summed E-state index contributed by atoms with van der Waals surface area (Å²) in [6.07, 6.45) is 5.27. The molecule has 332 valence electrons. The second-order valence-corrected chi connectivity index (χ2v) is 15.7. The van der Waals surface area contributed by atoms with Crippen LogP contribution in [0.15, 0.2) is 65.7 Å². The van der Waals surface area contributed by atoms with E-state index in [-0.39, 0.29) is 34.3 Å². The number of aryl methyl sites for hydroxylation is 2. The summed E-state index contributed by atoms with van der Waals surface area (Å²) in [6, 6.07) is 19.2. The molecule has 0 aliphatic rings. The van der Waals surface area contributed by atoms with E-state index in [1.807, 2.05) is 48.5 Å². The Morgan fingerprint density at radius 3 is 2.21 bits per heavy atom. The maximum atomic E-state index is 13.2. The Kier molecular flexibility index (Phi) is 20.1. The Morgan fingerprint density at radius 2 is 1.51 bits per heavy atom. The number of fused-ring (bicyclic) bond motifs is 1. The number of aliphatic hydroxyl groups excluding tert-OH is 4. The Hall–Kier alpha value is -4.94. The normalized spacial score (nSPS) is 13.9. The molecule has 4 atom stereocenters. The van der Waals surface area contributed by atoms with Gasteiger partial charge in [0.1, 0.15) is 12.2 Å². The molecule has 0 saturated carbocycles. The van der Waals surface area contributed by atoms with E-state index in [1.165, 1.54) is 0 Å². The van der Waals surface area contributed by atoms with Crippen molar-refractivity contribution in [2.24, 2.45) is 16.5 Å². The molecule has 61 heavy (non-hydrogen) atoms. The van der Waals surface area contributed by atoms with Crippen molar-refractivity contribution in [1.29, 1.82) is 0 Å². The number of rotatable bonds is 25. The average Bonchev–Trinajstić information content (AvgIpc) is 3.25. The molecule has 0 aliphatic carbocycles. The second-order valence-electron chi connectivity index (χ2n) is 15.3. The predicted octanol–water partition coefficient (Wildman–Crippen LogP) is 3.30. The van der Waals surface area contributed by atoms with Gasteiger partial charge in [0, 0.05) is 18.8 Å². The summed E-state index contributed by atoms with van der Waals surface area (Å²) in [4.78, 5) is 39.9. The van der Waals surface area contributed by atoms with Crippen molar-refractivity contribution in [3.05, 3.63) is 88.2 Å². The van der Waals surface area contributed by atoms with Gasteiger partial charge in [-0.1, -0.05) is 86.3 Å². The fraction of sp³-hybridized carbons (Fsp3) is 0.477. The van der Waals surface area contributed by atoms with Crippen molar-refractivity contribution >= 4 is 57.5 Å². The highest BCUT2D eigenvalue weighted by molar-refractivity contribution is 6.31. The topological polar surface area (TPSA) is 285 Å². The molecule has 1 heterocycles. The molecule has 4 aromatic rings. The molecule has 0 spiro atoms. The Labute approximate surface area is 362 Å². The molecule has 17 heteroatoms. The largest absolute Gasteiger partial charge is 0.394 e. The van der Waals surface area contributed by atoms with Crippen molar-refractivity contribution in [2.75, 3.05) is 49.6 Å². The average molecular weight is 864 g/mol. The van der Waals surface area contributed by atoms with E-state index in [0.29, 0.717) is 38.0 Å². The van der Waals surface area contributed by atoms with Crippen LogP contribution in [0.25, 0.3) is 10.8 Å². The highest BCUT2D eigenvalue weighted by atomic mass is 35.5. The van der Waals surface area contributed by atoms with Crippen molar-refractivity contribution < 1.29 is 30.0 Å². The minimum atomic E-state index is -1.39. The standard InChI is InChI=1S/C44H63ClN10O6/c1-2-3-4-9-23-55(25-21-35(57)38(59)36(58)27-56)24-10-11-28-15-19-31(20-16-28)51-42(60)34(46)26-30-18-17-29(32-13-5-6-14-33(30)32)12-7-8-22-50-44(49)54-43(61)37-40(47)53-41(48)39(45)52-37/h5-6,13-20,34-36,38,56-59H,2-4,7-12,21-27,46H2,1H3,(H,51,60)(H4,47,48,53)(H3,49,50,54,61)/t34-,35+,36+,38-/m0/s1. The van der Waals surface area contributed by atoms with Crippen LogP contribution in [0.3, 0.4) is 0 Å². The fourth-order valence-electron chi connectivity index (χ4n) is 7.04. The van der Waals surface area contributed by atoms with Crippen molar-refractivity contribution in [3.63, 3.8) is 0 Å². The van der Waals surface area contributed by atoms with Gasteiger partial charge in [0.05, 0.1) is 18.8 Å². The number of hydrogen-bond acceptors (Lipinski definition) is 13. The summed E-state index contributed by atoms with van der Waals surface area (Å²) < 4.78 is 0. The first-order chi connectivity index (χ1) is 29.3. The van der Waals surface area contributed by atoms with Crippen molar-refractivity contribution in [1.82, 2.24) is 20.2 Å². The molecule has 1 aromatic heterocycles. The molecule has 0 bridgehead atoms. The van der Waals surface area contributed by atoms with Crippen molar-refractivity contribution in [3.8, 4) is 0 Å². The number of benzene rings is 3. The molecule has 14 N–H and O–H groups in total. The lowest BCUT2D eigenvalue weighted by Gasteiger charge is -2.26. The van der Waals surface area contributed by atoms with Gasteiger partial charge in [-0.05, 0) is 104 Å². The summed E-state index contributed by atoms with van der Waals surface area (Å²) in [6.45, 7) is 4.21. The van der Waals surface area contributed by atoms with Crippen LogP contribution in [0.2, 0.25) is 5.15 Å². The first kappa shape index (κ1) is 48.7. The molecule has 2 amide bonds. The fourth-order valence-corrected chi connectivity index (χ4v) is 7.17. The minimum absolute atomic E-state index is 0.0816. The number of hydrogen-bond donors (Lipinski definition) is 10. The van der Waals surface area contributed by atoms with Gasteiger partial charge in [-0.15, -0.1) is 0 Å². The summed E-state index contributed by atoms with van der Waals surface area (Å²) >= 11 is 5.86. The van der Waals surface area contributed by atoms with Gasteiger partial charge < -0.3 is 53.6 Å². The third-order valence-electron chi connectivity index (χ3n) is 10.6. The van der Waals surface area contributed by atoms with Crippen LogP contribution in [-0.2, 0) is 24.1 Å². The lowest BCUT2D eigenvalue weighted by Crippen LogP contribution is -2.41. The molecule has 16 nitrogen and oxygen atoms in total. The quantitative estimate of drug-likeness (QED) is 0.0260. The van der Waals surface area contributed by atoms with Crippen LogP contribution >= 0.6 is 11.6 Å². The number of halogens is 1. The van der Waals surface area contributed by atoms with Crippen LogP contribution < -0.4 is 33.6 Å². The number of nitrogens with zero attached hydrogens (tertiary/aromatic N) is 4. The first-order valence-electron chi connectivity index (χ1n) is 21.0. The molecule has 0 saturated heterocycles. The Bertz CT molecular complexity index is 2040. The summed E-state index contributed by atoms with van der Waals surface area (Å²) in [5.41, 5.74) is 27.4. The minimum Gasteiger partial charge on any atom is -0.394 e. The molecule has 0 aliphatic heterocycles. The second kappa shape index (κ2) is 25.1. The van der Waals surface area contributed by atoms with E-state index in [2.05, 4.69) is 49.6 Å². The van der Waals surface area contributed by atoms with Crippen LogP contribution in [0.1, 0.15) is 85.5 Å². The smallest absolute Gasteiger partial charge is 0.280 e. The van der Waals surface area contributed by atoms with Crippen LogP contribution in [0.4, 0.5) is 17.3 Å². The number of guanidine groups is 1. The maximum absolute atomic E-state index is 13.2. The van der Waals surface area contributed by atoms with Crippen LogP contribution in [-0.4, -0.2) is 110 Å². The highest BCUT2D eigenvalue weighted by Gasteiger charge is 2.24. The SMILES string of the molecule is CCCCCCN(CCCc1ccc(NC(=O)[C@@H](N)Cc2ccc(CCCCN=C(N)NC(=O)c3nc(Cl)c(N)nc3N)c3ccccc23)cc1)CC[C@@H](O)[C@H](O)[C@H](O)CO. The zero-order valence-corrected chi connectivity index (χ0v) is 35.7. The number of nitrogens with two attached hydrogens (primary N) is 4. The van der Waals surface area contributed by atoms with Crippen LogP contribution in [0, 0.1) is 0 Å². The van der Waals surface area contributed by atoms with E-state index in [0.717, 1.165) is 91.9 Å². The molecule has 4 rings (SSSR count). The summed E-state index contributed by atoms with van der Waals surface area (Å²) in [5, 5.41) is 46.6. The zero-order chi connectivity index (χ0) is 44.3. The molecular weight excluding hydrogens is 800 g/mol. The molecular formula is C44H63ClN10O6. The third kappa shape index (κ3) is 15.5. The monoisotopic (exact) mass is 862 g/mol. The van der Waals surface area contributed by atoms with Gasteiger partial charge in [0.2, 0.25) is 5.91 Å². The Morgan fingerprint density at radius 1 is 0.820 bits per heavy atom. The van der Waals surface area contributed by atoms with E-state index in [4.69, 9.17) is 39.6 Å². The number of amides is 2. The number of nitrogen functional groups attached to an aromatic ring is 2. The van der Waals surface area contributed by atoms with Gasteiger partial charge in [-0.3, -0.25) is 19.9 Å². The van der Waals surface area contributed by atoms with Crippen molar-refractivity contribution in [2.45, 2.75) is 102 Å². The number of carbonyl (C=O) groups excluding carboxylic acids is 2. The predicted molar refractivity (Wildman–Crippen MR) is 242 cm³/mol. The van der Waals surface area contributed by atoms with Gasteiger partial charge in [-0.25, -0.2) is 9.97 Å². The van der Waals surface area contributed by atoms with E-state index in [9.17, 15) is 24.9 Å². The molecule has 0 unspecified atom stereocenters. The summed E-state index contributed by atoms with van der Waals surface area (Å²) in [7, 11) is 0.